The number of carbonyl (C=O) groups is 1. The van der Waals surface area contributed by atoms with E-state index < -0.39 is 6.17 Å². The van der Waals surface area contributed by atoms with Crippen molar-refractivity contribution in [2.24, 2.45) is 0 Å². The molecule has 1 aliphatic rings. The first kappa shape index (κ1) is 9.65. The molecule has 0 aromatic carbocycles. The summed E-state index contributed by atoms with van der Waals surface area (Å²) in [6, 6.07) is 0. The summed E-state index contributed by atoms with van der Waals surface area (Å²) in [6.45, 7) is 0.353. The number of halogens is 2. The summed E-state index contributed by atoms with van der Waals surface area (Å²) in [6.07, 6.45) is 0.00833. The molecule has 0 unspecified atom stereocenters. The van der Waals surface area contributed by atoms with Gasteiger partial charge in [0.15, 0.2) is 0 Å². The lowest BCUT2D eigenvalue weighted by atomic mass is 10.3. The van der Waals surface area contributed by atoms with Crippen LogP contribution in [0.15, 0.2) is 0 Å². The minimum absolute atomic E-state index is 0. The minimum Gasteiger partial charge on any atom is -0.343 e. The van der Waals surface area contributed by atoms with Crippen molar-refractivity contribution in [1.29, 1.82) is 0 Å². The van der Waals surface area contributed by atoms with Crippen LogP contribution in [0.3, 0.4) is 0 Å². The average molecular weight is 169 g/mol. The van der Waals surface area contributed by atoms with Crippen molar-refractivity contribution < 1.29 is 9.18 Å². The molecule has 1 fully saturated rings. The molecule has 0 spiro atoms. The zero-order valence-corrected chi connectivity index (χ0v) is 6.16. The van der Waals surface area contributed by atoms with Crippen LogP contribution in [0.25, 0.3) is 0 Å². The number of rotatable bonds is 2. The number of alkyl halides is 1. The highest BCUT2D eigenvalue weighted by molar-refractivity contribution is 5.85. The standard InChI is InChI=1S/C5H9FN2O.ClH/c6-4-1-5(7-2-4)8-3-9;/h3-5,7H,1-2H2,(H,8,9);1H/t4-,5+;/m1./s1. The van der Waals surface area contributed by atoms with E-state index in [2.05, 4.69) is 10.6 Å². The Balaban J connectivity index is 0.000000810. The van der Waals surface area contributed by atoms with Crippen LogP contribution in [-0.2, 0) is 4.79 Å². The zero-order valence-electron chi connectivity index (χ0n) is 5.34. The fourth-order valence-corrected chi connectivity index (χ4v) is 0.902. The van der Waals surface area contributed by atoms with Gasteiger partial charge in [0.2, 0.25) is 6.41 Å². The maximum Gasteiger partial charge on any atom is 0.208 e. The quantitative estimate of drug-likeness (QED) is 0.562. The van der Waals surface area contributed by atoms with Gasteiger partial charge in [-0.3, -0.25) is 10.1 Å². The third-order valence-corrected chi connectivity index (χ3v) is 1.35. The fraction of sp³-hybridized carbons (Fsp3) is 0.800. The molecule has 2 atom stereocenters. The molecule has 1 aliphatic heterocycles. The summed E-state index contributed by atoms with van der Waals surface area (Å²) in [7, 11) is 0. The number of hydrogen-bond acceptors (Lipinski definition) is 2. The van der Waals surface area contributed by atoms with E-state index in [1.807, 2.05) is 0 Å². The van der Waals surface area contributed by atoms with Crippen molar-refractivity contribution >= 4 is 18.8 Å². The van der Waals surface area contributed by atoms with E-state index in [9.17, 15) is 9.18 Å². The summed E-state index contributed by atoms with van der Waals surface area (Å²) >= 11 is 0. The van der Waals surface area contributed by atoms with Crippen LogP contribution in [-0.4, -0.2) is 25.3 Å². The van der Waals surface area contributed by atoms with Crippen molar-refractivity contribution in [2.75, 3.05) is 6.54 Å². The third kappa shape index (κ3) is 2.49. The molecule has 0 aromatic rings. The number of hydrogen-bond donors (Lipinski definition) is 2. The molecule has 60 valence electrons. The van der Waals surface area contributed by atoms with E-state index in [1.165, 1.54) is 0 Å². The molecule has 0 saturated carbocycles. The molecule has 1 heterocycles. The molecule has 0 bridgehead atoms. The molecule has 1 amide bonds. The topological polar surface area (TPSA) is 41.1 Å². The monoisotopic (exact) mass is 168 g/mol. The highest BCUT2D eigenvalue weighted by Gasteiger charge is 2.22. The van der Waals surface area contributed by atoms with Crippen LogP contribution in [0.4, 0.5) is 4.39 Å². The lowest BCUT2D eigenvalue weighted by molar-refractivity contribution is -0.110. The van der Waals surface area contributed by atoms with Crippen LogP contribution in [0.1, 0.15) is 6.42 Å². The number of amides is 1. The van der Waals surface area contributed by atoms with Crippen molar-refractivity contribution in [3.05, 3.63) is 0 Å². The molecule has 1 saturated heterocycles. The van der Waals surface area contributed by atoms with Gasteiger partial charge in [0, 0.05) is 13.0 Å². The predicted molar refractivity (Wildman–Crippen MR) is 37.8 cm³/mol. The van der Waals surface area contributed by atoms with Gasteiger partial charge in [0.1, 0.15) is 6.17 Å². The van der Waals surface area contributed by atoms with Crippen LogP contribution < -0.4 is 10.6 Å². The Morgan fingerprint density at radius 1 is 1.70 bits per heavy atom. The molecular formula is C5H10ClFN2O. The lowest BCUT2D eigenvalue weighted by Gasteiger charge is -2.05. The summed E-state index contributed by atoms with van der Waals surface area (Å²) in [4.78, 5) is 9.79. The Morgan fingerprint density at radius 2 is 2.40 bits per heavy atom. The first-order valence-corrected chi connectivity index (χ1v) is 2.90. The summed E-state index contributed by atoms with van der Waals surface area (Å²) in [5.41, 5.74) is 0. The number of carbonyl (C=O) groups excluding carboxylic acids is 1. The molecule has 0 aromatic heterocycles. The smallest absolute Gasteiger partial charge is 0.208 e. The minimum atomic E-state index is -0.803. The first-order chi connectivity index (χ1) is 4.33. The third-order valence-electron chi connectivity index (χ3n) is 1.35. The Kier molecular flexibility index (Phi) is 4.31. The van der Waals surface area contributed by atoms with Crippen LogP contribution >= 0.6 is 12.4 Å². The van der Waals surface area contributed by atoms with Gasteiger partial charge in [-0.1, -0.05) is 0 Å². The van der Waals surface area contributed by atoms with Crippen LogP contribution in [0, 0.1) is 0 Å². The SMILES string of the molecule is Cl.O=CN[C@H]1C[C@@H](F)CN1. The van der Waals surface area contributed by atoms with Crippen molar-refractivity contribution in [2.45, 2.75) is 18.8 Å². The maximum absolute atomic E-state index is 12.3. The van der Waals surface area contributed by atoms with E-state index in [0.717, 1.165) is 0 Å². The van der Waals surface area contributed by atoms with Gasteiger partial charge in [-0.05, 0) is 0 Å². The van der Waals surface area contributed by atoms with Gasteiger partial charge in [-0.15, -0.1) is 12.4 Å². The second-order valence-corrected chi connectivity index (χ2v) is 2.08. The van der Waals surface area contributed by atoms with Crippen molar-refractivity contribution in [1.82, 2.24) is 10.6 Å². The van der Waals surface area contributed by atoms with Crippen LogP contribution in [0.5, 0.6) is 0 Å². The highest BCUT2D eigenvalue weighted by Crippen LogP contribution is 2.06. The molecule has 1 rings (SSSR count). The van der Waals surface area contributed by atoms with E-state index in [-0.39, 0.29) is 18.6 Å². The average Bonchev–Trinajstić information content (AvgIpc) is 2.17. The van der Waals surface area contributed by atoms with E-state index in [1.54, 1.807) is 0 Å². The Hall–Kier alpha value is -0.350. The summed E-state index contributed by atoms with van der Waals surface area (Å²) in [5.74, 6) is 0. The fourth-order valence-electron chi connectivity index (χ4n) is 0.902. The van der Waals surface area contributed by atoms with Gasteiger partial charge < -0.3 is 5.32 Å². The van der Waals surface area contributed by atoms with E-state index >= 15 is 0 Å². The molecule has 10 heavy (non-hydrogen) atoms. The van der Waals surface area contributed by atoms with E-state index in [4.69, 9.17) is 0 Å². The second-order valence-electron chi connectivity index (χ2n) is 2.08. The van der Waals surface area contributed by atoms with Crippen molar-refractivity contribution in [3.63, 3.8) is 0 Å². The number of nitrogens with one attached hydrogen (secondary N) is 2. The first-order valence-electron chi connectivity index (χ1n) is 2.90. The Labute approximate surface area is 64.8 Å². The largest absolute Gasteiger partial charge is 0.343 e. The van der Waals surface area contributed by atoms with Crippen LogP contribution in [0.2, 0.25) is 0 Å². The highest BCUT2D eigenvalue weighted by atomic mass is 35.5. The molecule has 5 heteroatoms. The summed E-state index contributed by atoms with van der Waals surface area (Å²) < 4.78 is 12.3. The summed E-state index contributed by atoms with van der Waals surface area (Å²) in [5, 5.41) is 5.23. The van der Waals surface area contributed by atoms with E-state index in [0.29, 0.717) is 19.4 Å². The Bertz CT molecular complexity index is 114. The van der Waals surface area contributed by atoms with Crippen molar-refractivity contribution in [3.8, 4) is 0 Å². The Morgan fingerprint density at radius 3 is 2.80 bits per heavy atom. The molecular weight excluding hydrogens is 159 g/mol. The molecule has 0 aliphatic carbocycles. The van der Waals surface area contributed by atoms with Gasteiger partial charge in [0.05, 0.1) is 6.17 Å². The lowest BCUT2D eigenvalue weighted by Crippen LogP contribution is -2.35. The zero-order chi connectivity index (χ0) is 6.69. The molecule has 2 N–H and O–H groups in total. The van der Waals surface area contributed by atoms with Gasteiger partial charge in [-0.2, -0.15) is 0 Å². The molecule has 0 radical (unpaired) electrons. The molecule has 3 nitrogen and oxygen atoms in total. The maximum atomic E-state index is 12.3. The van der Waals surface area contributed by atoms with Gasteiger partial charge >= 0.3 is 0 Å². The van der Waals surface area contributed by atoms with Gasteiger partial charge in [0.25, 0.3) is 0 Å². The van der Waals surface area contributed by atoms with Gasteiger partial charge in [-0.25, -0.2) is 4.39 Å². The predicted octanol–water partition coefficient (Wildman–Crippen LogP) is -0.188. The normalized spacial score (nSPS) is 30.9. The second kappa shape index (κ2) is 4.46.